The number of nitrogens with zero attached hydrogens (tertiary/aromatic N) is 2. The molecule has 1 aromatic carbocycles. The highest BCUT2D eigenvalue weighted by molar-refractivity contribution is 5.99. The molecule has 0 fully saturated rings. The van der Waals surface area contributed by atoms with Crippen molar-refractivity contribution in [1.82, 2.24) is 15.1 Å². The molecule has 0 aliphatic heterocycles. The minimum atomic E-state index is -0.429. The maximum absolute atomic E-state index is 13.8. The van der Waals surface area contributed by atoms with E-state index < -0.39 is 5.82 Å². The minimum absolute atomic E-state index is 0.236. The van der Waals surface area contributed by atoms with E-state index in [1.807, 2.05) is 20.9 Å². The average Bonchev–Trinajstić information content (AvgIpc) is 2.78. The highest BCUT2D eigenvalue weighted by Gasteiger charge is 2.15. The molecule has 0 atom stereocenters. The summed E-state index contributed by atoms with van der Waals surface area (Å²) in [5.74, 6) is -0.740. The molecule has 2 aromatic rings. The van der Waals surface area contributed by atoms with Gasteiger partial charge in [0.05, 0.1) is 17.4 Å². The van der Waals surface area contributed by atoms with Gasteiger partial charge in [0.2, 0.25) is 0 Å². The molecule has 0 saturated carbocycles. The molecule has 1 aromatic heterocycles. The summed E-state index contributed by atoms with van der Waals surface area (Å²) in [6.07, 6.45) is 1.71. The third-order valence-corrected chi connectivity index (χ3v) is 3.39. The lowest BCUT2D eigenvalue weighted by Gasteiger charge is -2.12. The summed E-state index contributed by atoms with van der Waals surface area (Å²) in [6, 6.07) is 4.47. The van der Waals surface area contributed by atoms with E-state index in [0.717, 1.165) is 11.3 Å². The van der Waals surface area contributed by atoms with E-state index in [1.165, 1.54) is 12.1 Å². The Balaban J connectivity index is 2.14. The molecule has 0 unspecified atom stereocenters. The number of aromatic nitrogens is 2. The second-order valence-electron chi connectivity index (χ2n) is 4.75. The molecule has 0 saturated heterocycles. The van der Waals surface area contributed by atoms with Crippen molar-refractivity contribution in [3.05, 3.63) is 47.0 Å². The quantitative estimate of drug-likeness (QED) is 0.888. The largest absolute Gasteiger partial charge is 0.382 e. The molecule has 112 valence electrons. The predicted octanol–water partition coefficient (Wildman–Crippen LogP) is 2.23. The Kier molecular flexibility index (Phi) is 4.57. The molecule has 5 nitrogen and oxygen atoms in total. The van der Waals surface area contributed by atoms with Crippen LogP contribution < -0.4 is 10.6 Å². The Morgan fingerprint density at radius 1 is 1.43 bits per heavy atom. The van der Waals surface area contributed by atoms with Crippen LogP contribution in [0.2, 0.25) is 0 Å². The van der Waals surface area contributed by atoms with E-state index in [1.54, 1.807) is 16.9 Å². The van der Waals surface area contributed by atoms with Crippen LogP contribution in [0.3, 0.4) is 0 Å². The lowest BCUT2D eigenvalue weighted by Crippen LogP contribution is -2.24. The maximum atomic E-state index is 13.8. The number of halogens is 1. The third kappa shape index (κ3) is 3.21. The number of hydrogen-bond donors (Lipinski definition) is 2. The highest BCUT2D eigenvalue weighted by Crippen LogP contribution is 2.19. The number of rotatable bonds is 5. The van der Waals surface area contributed by atoms with Gasteiger partial charge in [-0.15, -0.1) is 0 Å². The lowest BCUT2D eigenvalue weighted by atomic mass is 10.1. The molecule has 0 aliphatic rings. The number of anilines is 1. The monoisotopic (exact) mass is 290 g/mol. The summed E-state index contributed by atoms with van der Waals surface area (Å²) in [4.78, 5) is 12.2. The van der Waals surface area contributed by atoms with Gasteiger partial charge >= 0.3 is 0 Å². The Hall–Kier alpha value is -2.37. The Bertz CT molecular complexity index is 651. The van der Waals surface area contributed by atoms with E-state index in [-0.39, 0.29) is 11.6 Å². The van der Waals surface area contributed by atoms with E-state index in [4.69, 9.17) is 0 Å². The maximum Gasteiger partial charge on any atom is 0.253 e. The molecule has 21 heavy (non-hydrogen) atoms. The van der Waals surface area contributed by atoms with Crippen molar-refractivity contribution in [3.8, 4) is 0 Å². The normalized spacial score (nSPS) is 10.5. The Labute approximate surface area is 123 Å². The van der Waals surface area contributed by atoms with Gasteiger partial charge in [-0.1, -0.05) is 6.07 Å². The smallest absolute Gasteiger partial charge is 0.253 e. The molecule has 1 heterocycles. The number of aryl methyl sites for hydroxylation is 1. The molecule has 0 bridgehead atoms. The Morgan fingerprint density at radius 3 is 2.81 bits per heavy atom. The van der Waals surface area contributed by atoms with Crippen LogP contribution >= 0.6 is 0 Å². The van der Waals surface area contributed by atoms with E-state index >= 15 is 0 Å². The van der Waals surface area contributed by atoms with Crippen LogP contribution in [0.15, 0.2) is 24.4 Å². The van der Waals surface area contributed by atoms with Crippen molar-refractivity contribution >= 4 is 11.6 Å². The standard InChI is InChI=1S/C15H19FN4O/c1-4-17-14-12(6-5-7-13(14)16)15(21)18-8-11-9-19-20(3)10(11)2/h5-7,9,17H,4,8H2,1-3H3,(H,18,21). The molecule has 6 heteroatoms. The fraction of sp³-hybridized carbons (Fsp3) is 0.333. The summed E-state index contributed by atoms with van der Waals surface area (Å²) in [5, 5.41) is 9.80. The SMILES string of the molecule is CCNc1c(F)cccc1C(=O)NCc1cnn(C)c1C. The van der Waals surface area contributed by atoms with Crippen molar-refractivity contribution in [1.29, 1.82) is 0 Å². The minimum Gasteiger partial charge on any atom is -0.382 e. The first-order valence-corrected chi connectivity index (χ1v) is 6.82. The van der Waals surface area contributed by atoms with Crippen LogP contribution in [0.25, 0.3) is 0 Å². The molecule has 0 spiro atoms. The first-order valence-electron chi connectivity index (χ1n) is 6.82. The molecule has 2 N–H and O–H groups in total. The van der Waals surface area contributed by atoms with Crippen molar-refractivity contribution < 1.29 is 9.18 Å². The summed E-state index contributed by atoms with van der Waals surface area (Å²) < 4.78 is 15.5. The predicted molar refractivity (Wildman–Crippen MR) is 79.7 cm³/mol. The summed E-state index contributed by atoms with van der Waals surface area (Å²) >= 11 is 0. The number of nitrogens with one attached hydrogen (secondary N) is 2. The van der Waals surface area contributed by atoms with Crippen LogP contribution in [0.1, 0.15) is 28.5 Å². The average molecular weight is 290 g/mol. The lowest BCUT2D eigenvalue weighted by molar-refractivity contribution is 0.0951. The van der Waals surface area contributed by atoms with Crippen LogP contribution in [-0.4, -0.2) is 22.2 Å². The number of hydrogen-bond acceptors (Lipinski definition) is 3. The number of amides is 1. The van der Waals surface area contributed by atoms with Crippen LogP contribution in [0, 0.1) is 12.7 Å². The van der Waals surface area contributed by atoms with Crippen molar-refractivity contribution in [2.45, 2.75) is 20.4 Å². The number of benzene rings is 1. The van der Waals surface area contributed by atoms with Crippen molar-refractivity contribution in [2.24, 2.45) is 7.05 Å². The number of para-hydroxylation sites is 1. The van der Waals surface area contributed by atoms with E-state index in [0.29, 0.717) is 18.7 Å². The van der Waals surface area contributed by atoms with E-state index in [9.17, 15) is 9.18 Å². The fourth-order valence-electron chi connectivity index (χ4n) is 2.06. The fourth-order valence-corrected chi connectivity index (χ4v) is 2.06. The second kappa shape index (κ2) is 6.39. The topological polar surface area (TPSA) is 59.0 Å². The molecular formula is C15H19FN4O. The first kappa shape index (κ1) is 15.0. The zero-order chi connectivity index (χ0) is 15.4. The van der Waals surface area contributed by atoms with Gasteiger partial charge in [-0.3, -0.25) is 9.48 Å². The molecule has 1 amide bonds. The van der Waals surface area contributed by atoms with Gasteiger partial charge in [-0.05, 0) is 26.0 Å². The second-order valence-corrected chi connectivity index (χ2v) is 4.75. The first-order chi connectivity index (χ1) is 10.0. The van der Waals surface area contributed by atoms with E-state index in [2.05, 4.69) is 15.7 Å². The number of carbonyl (C=O) groups is 1. The van der Waals surface area contributed by atoms with Gasteiger partial charge in [0.15, 0.2) is 0 Å². The zero-order valence-electron chi connectivity index (χ0n) is 12.4. The zero-order valence-corrected chi connectivity index (χ0v) is 12.4. The van der Waals surface area contributed by atoms with Gasteiger partial charge < -0.3 is 10.6 Å². The van der Waals surface area contributed by atoms with Crippen molar-refractivity contribution in [2.75, 3.05) is 11.9 Å². The third-order valence-electron chi connectivity index (χ3n) is 3.39. The van der Waals surface area contributed by atoms with Gasteiger partial charge in [-0.2, -0.15) is 5.10 Å². The van der Waals surface area contributed by atoms with Gasteiger partial charge in [0.1, 0.15) is 5.82 Å². The molecule has 0 radical (unpaired) electrons. The summed E-state index contributed by atoms with van der Waals surface area (Å²) in [6.45, 7) is 4.69. The number of carbonyl (C=O) groups excluding carboxylic acids is 1. The summed E-state index contributed by atoms with van der Waals surface area (Å²) in [5.41, 5.74) is 2.47. The Morgan fingerprint density at radius 2 is 2.19 bits per heavy atom. The van der Waals surface area contributed by atoms with Gasteiger partial charge in [-0.25, -0.2) is 4.39 Å². The molecule has 2 rings (SSSR count). The van der Waals surface area contributed by atoms with Crippen molar-refractivity contribution in [3.63, 3.8) is 0 Å². The molecular weight excluding hydrogens is 271 g/mol. The van der Waals surface area contributed by atoms with Crippen LogP contribution in [0.4, 0.5) is 10.1 Å². The molecule has 0 aliphatic carbocycles. The van der Waals surface area contributed by atoms with Crippen LogP contribution in [0.5, 0.6) is 0 Å². The summed E-state index contributed by atoms with van der Waals surface area (Å²) in [7, 11) is 1.84. The highest BCUT2D eigenvalue weighted by atomic mass is 19.1. The van der Waals surface area contributed by atoms with Gasteiger partial charge in [0, 0.05) is 31.4 Å². The van der Waals surface area contributed by atoms with Crippen LogP contribution in [-0.2, 0) is 13.6 Å². The van der Waals surface area contributed by atoms with Gasteiger partial charge in [0.25, 0.3) is 5.91 Å².